The van der Waals surface area contributed by atoms with Crippen LogP contribution in [0.2, 0.25) is 0 Å². The average molecular weight is 531 g/mol. The first kappa shape index (κ1) is 34.0. The zero-order valence-electron chi connectivity index (χ0n) is 23.2. The van der Waals surface area contributed by atoms with Crippen LogP contribution in [-0.2, 0) is 23.8 Å². The Balaban J connectivity index is 1.85. The number of carbonyl (C=O) groups excluding carboxylic acids is 2. The maximum atomic E-state index is 11.8. The molecule has 3 N–H and O–H groups in total. The number of ether oxygens (including phenoxy) is 3. The van der Waals surface area contributed by atoms with Crippen LogP contribution in [0.3, 0.4) is 0 Å². The predicted octanol–water partition coefficient (Wildman–Crippen LogP) is 4.64. The minimum Gasteiger partial charge on any atom is -0.450 e. The van der Waals surface area contributed by atoms with Crippen molar-refractivity contribution in [3.8, 4) is 0 Å². The lowest BCUT2D eigenvalue weighted by molar-refractivity contribution is -0.152. The Hall–Kier alpha value is -1.06. The maximum Gasteiger partial charge on any atom is 0.378 e. The maximum absolute atomic E-state index is 11.8. The molecule has 0 amide bonds. The number of Topliss-reactive ketones (excluding diaryl/α,β-unsaturated/α-hetero) is 1. The van der Waals surface area contributed by atoms with E-state index in [1.54, 1.807) is 0 Å². The van der Waals surface area contributed by atoms with Gasteiger partial charge in [0.1, 0.15) is 12.2 Å². The van der Waals surface area contributed by atoms with E-state index >= 15 is 0 Å². The summed E-state index contributed by atoms with van der Waals surface area (Å²) in [4.78, 5) is 23.2. The standard InChI is InChI=1S/C29H54O8/c1-2-3-4-5-6-7-8-9-10-11-12-13-14-15-16-17-18-19-20-35-22-24(31)23-36-28-26(33)29(34)37-27(28)25(32)21-30/h24-25,27-28,30-32H,2-23H2,1H3/t24?,25-,27+,28?/m0/s1. The van der Waals surface area contributed by atoms with Crippen LogP contribution in [0, 0.1) is 0 Å². The first-order valence-electron chi connectivity index (χ1n) is 14.9. The van der Waals surface area contributed by atoms with Gasteiger partial charge in [-0.3, -0.25) is 4.79 Å². The SMILES string of the molecule is CCCCCCCCCCCCCCCCCCCCOCC(O)COC1C(=O)C(=O)O[C@@H]1[C@@H](O)CO. The van der Waals surface area contributed by atoms with E-state index in [4.69, 9.17) is 19.3 Å². The molecule has 0 aromatic heterocycles. The molecule has 37 heavy (non-hydrogen) atoms. The lowest BCUT2D eigenvalue weighted by Crippen LogP contribution is -2.42. The molecular formula is C29H54O8. The summed E-state index contributed by atoms with van der Waals surface area (Å²) < 4.78 is 15.5. The fourth-order valence-electron chi connectivity index (χ4n) is 4.65. The number of cyclic esters (lactones) is 1. The second-order valence-corrected chi connectivity index (χ2v) is 10.5. The summed E-state index contributed by atoms with van der Waals surface area (Å²) in [6.07, 6.45) is 18.9. The van der Waals surface area contributed by atoms with Crippen LogP contribution in [0.5, 0.6) is 0 Å². The van der Waals surface area contributed by atoms with Crippen LogP contribution in [0.15, 0.2) is 0 Å². The van der Waals surface area contributed by atoms with Crippen molar-refractivity contribution in [2.45, 2.75) is 147 Å². The fraction of sp³-hybridized carbons (Fsp3) is 0.931. The van der Waals surface area contributed by atoms with Crippen molar-refractivity contribution in [2.24, 2.45) is 0 Å². The van der Waals surface area contributed by atoms with Crippen molar-refractivity contribution in [3.05, 3.63) is 0 Å². The number of unbranched alkanes of at least 4 members (excludes halogenated alkanes) is 17. The Labute approximate surface area is 224 Å². The van der Waals surface area contributed by atoms with Gasteiger partial charge in [0, 0.05) is 6.61 Å². The van der Waals surface area contributed by atoms with Crippen molar-refractivity contribution in [2.75, 3.05) is 26.4 Å². The van der Waals surface area contributed by atoms with Gasteiger partial charge in [-0.2, -0.15) is 0 Å². The van der Waals surface area contributed by atoms with Gasteiger partial charge in [0.15, 0.2) is 12.2 Å². The highest BCUT2D eigenvalue weighted by Crippen LogP contribution is 2.19. The number of aliphatic hydroxyl groups is 3. The Morgan fingerprint density at radius 2 is 1.19 bits per heavy atom. The molecule has 0 bridgehead atoms. The molecule has 4 atom stereocenters. The molecule has 1 aliphatic heterocycles. The van der Waals surface area contributed by atoms with Gasteiger partial charge in [0.2, 0.25) is 0 Å². The van der Waals surface area contributed by atoms with Crippen LogP contribution in [0.1, 0.15) is 122 Å². The molecule has 218 valence electrons. The Morgan fingerprint density at radius 3 is 1.65 bits per heavy atom. The van der Waals surface area contributed by atoms with Crippen LogP contribution >= 0.6 is 0 Å². The normalized spacial score (nSPS) is 19.4. The van der Waals surface area contributed by atoms with Crippen LogP contribution in [0.25, 0.3) is 0 Å². The largest absolute Gasteiger partial charge is 0.450 e. The molecule has 1 rings (SSSR count). The summed E-state index contributed by atoms with van der Waals surface area (Å²) in [6, 6.07) is 0. The zero-order chi connectivity index (χ0) is 27.1. The molecule has 1 fully saturated rings. The highest BCUT2D eigenvalue weighted by molar-refractivity contribution is 6.37. The molecule has 0 radical (unpaired) electrons. The first-order valence-corrected chi connectivity index (χ1v) is 14.9. The summed E-state index contributed by atoms with van der Waals surface area (Å²) in [7, 11) is 0. The van der Waals surface area contributed by atoms with Crippen molar-refractivity contribution < 1.29 is 39.1 Å². The summed E-state index contributed by atoms with van der Waals surface area (Å²) in [5.41, 5.74) is 0. The number of rotatable bonds is 26. The highest BCUT2D eigenvalue weighted by atomic mass is 16.6. The number of hydrogen-bond donors (Lipinski definition) is 3. The smallest absolute Gasteiger partial charge is 0.378 e. The van der Waals surface area contributed by atoms with Gasteiger partial charge >= 0.3 is 5.97 Å². The van der Waals surface area contributed by atoms with Crippen molar-refractivity contribution in [1.82, 2.24) is 0 Å². The van der Waals surface area contributed by atoms with Gasteiger partial charge in [-0.25, -0.2) is 4.79 Å². The monoisotopic (exact) mass is 530 g/mol. The van der Waals surface area contributed by atoms with E-state index in [0.29, 0.717) is 6.61 Å². The molecule has 0 saturated carbocycles. The summed E-state index contributed by atoms with van der Waals surface area (Å²) in [5, 5.41) is 28.7. The third-order valence-corrected chi connectivity index (χ3v) is 6.99. The van der Waals surface area contributed by atoms with E-state index < -0.39 is 42.8 Å². The van der Waals surface area contributed by atoms with Gasteiger partial charge in [-0.05, 0) is 6.42 Å². The number of aliphatic hydroxyl groups excluding tert-OH is 3. The quantitative estimate of drug-likeness (QED) is 0.0840. The molecule has 0 aromatic rings. The third-order valence-electron chi connectivity index (χ3n) is 6.99. The minimum absolute atomic E-state index is 0.0574. The van der Waals surface area contributed by atoms with E-state index in [9.17, 15) is 19.8 Å². The molecular weight excluding hydrogens is 476 g/mol. The second-order valence-electron chi connectivity index (χ2n) is 10.5. The molecule has 0 aliphatic carbocycles. The third kappa shape index (κ3) is 16.5. The van der Waals surface area contributed by atoms with E-state index in [1.165, 1.54) is 103 Å². The van der Waals surface area contributed by atoms with Gasteiger partial charge in [-0.15, -0.1) is 0 Å². The molecule has 0 aromatic carbocycles. The lowest BCUT2D eigenvalue weighted by atomic mass is 10.0. The predicted molar refractivity (Wildman–Crippen MR) is 143 cm³/mol. The van der Waals surface area contributed by atoms with E-state index in [1.807, 2.05) is 0 Å². The van der Waals surface area contributed by atoms with Crippen LogP contribution in [-0.4, -0.2) is 77.9 Å². The Morgan fingerprint density at radius 1 is 0.730 bits per heavy atom. The second kappa shape index (κ2) is 22.9. The zero-order valence-corrected chi connectivity index (χ0v) is 23.2. The number of ketones is 1. The highest BCUT2D eigenvalue weighted by Gasteiger charge is 2.48. The van der Waals surface area contributed by atoms with E-state index in [-0.39, 0.29) is 13.2 Å². The van der Waals surface area contributed by atoms with Crippen LogP contribution in [0.4, 0.5) is 0 Å². The molecule has 2 unspecified atom stereocenters. The summed E-state index contributed by atoms with van der Waals surface area (Å²) in [5.74, 6) is -2.04. The molecule has 1 heterocycles. The molecule has 8 heteroatoms. The van der Waals surface area contributed by atoms with Crippen molar-refractivity contribution >= 4 is 11.8 Å². The molecule has 8 nitrogen and oxygen atoms in total. The van der Waals surface area contributed by atoms with Crippen LogP contribution < -0.4 is 0 Å². The van der Waals surface area contributed by atoms with Crippen molar-refractivity contribution in [1.29, 1.82) is 0 Å². The summed E-state index contributed by atoms with van der Waals surface area (Å²) in [6.45, 7) is 1.97. The molecule has 0 spiro atoms. The van der Waals surface area contributed by atoms with Gasteiger partial charge in [0.25, 0.3) is 5.78 Å². The molecule has 1 saturated heterocycles. The molecule has 1 aliphatic rings. The van der Waals surface area contributed by atoms with Gasteiger partial charge in [0.05, 0.1) is 19.8 Å². The van der Waals surface area contributed by atoms with E-state index in [0.717, 1.165) is 12.8 Å². The van der Waals surface area contributed by atoms with E-state index in [2.05, 4.69) is 6.92 Å². The topological polar surface area (TPSA) is 123 Å². The number of hydrogen-bond acceptors (Lipinski definition) is 8. The van der Waals surface area contributed by atoms with Gasteiger partial charge < -0.3 is 29.5 Å². The number of carbonyl (C=O) groups is 2. The fourth-order valence-corrected chi connectivity index (χ4v) is 4.65. The van der Waals surface area contributed by atoms with Crippen molar-refractivity contribution in [3.63, 3.8) is 0 Å². The number of esters is 1. The lowest BCUT2D eigenvalue weighted by Gasteiger charge is -2.21. The average Bonchev–Trinajstić information content (AvgIpc) is 3.18. The minimum atomic E-state index is -1.42. The Kier molecular flexibility index (Phi) is 21.0. The first-order chi connectivity index (χ1) is 18.0. The summed E-state index contributed by atoms with van der Waals surface area (Å²) >= 11 is 0. The van der Waals surface area contributed by atoms with Gasteiger partial charge in [-0.1, -0.05) is 116 Å². The Bertz CT molecular complexity index is 570.